The van der Waals surface area contributed by atoms with Crippen molar-refractivity contribution in [3.05, 3.63) is 71.2 Å². The second-order valence-electron chi connectivity index (χ2n) is 8.27. The summed E-state index contributed by atoms with van der Waals surface area (Å²) in [6, 6.07) is 14.7. The monoisotopic (exact) mass is 422 g/mol. The van der Waals surface area contributed by atoms with Gasteiger partial charge in [-0.25, -0.2) is 4.39 Å². The number of hydrogen-bond donors (Lipinski definition) is 2. The molecule has 0 heterocycles. The van der Waals surface area contributed by atoms with Gasteiger partial charge in [0.2, 0.25) is 0 Å². The third-order valence-corrected chi connectivity index (χ3v) is 5.43. The minimum atomic E-state index is -0.273. The molecule has 1 atom stereocenters. The molecule has 31 heavy (non-hydrogen) atoms. The summed E-state index contributed by atoms with van der Waals surface area (Å²) in [6.45, 7) is 3.21. The average molecular weight is 423 g/mol. The quantitative estimate of drug-likeness (QED) is 0.490. The van der Waals surface area contributed by atoms with E-state index in [1.807, 2.05) is 50.5 Å². The summed E-state index contributed by atoms with van der Waals surface area (Å²) in [5, 5.41) is 13.0. The summed E-state index contributed by atoms with van der Waals surface area (Å²) in [4.78, 5) is 7.68. The van der Waals surface area contributed by atoms with E-state index in [2.05, 4.69) is 10.1 Å². The van der Waals surface area contributed by atoms with Gasteiger partial charge in [0.05, 0.1) is 5.71 Å². The number of benzene rings is 2. The molecule has 1 fully saturated rings. The van der Waals surface area contributed by atoms with Crippen molar-refractivity contribution in [1.82, 2.24) is 4.90 Å². The lowest BCUT2D eigenvalue weighted by Crippen LogP contribution is -2.28. The van der Waals surface area contributed by atoms with E-state index in [1.54, 1.807) is 13.0 Å². The van der Waals surface area contributed by atoms with E-state index >= 15 is 0 Å². The molecule has 6 heteroatoms. The smallest absolute Gasteiger partial charge is 0.123 e. The number of nitrogens with one attached hydrogen (secondary N) is 1. The summed E-state index contributed by atoms with van der Waals surface area (Å²) >= 11 is 0. The van der Waals surface area contributed by atoms with Gasteiger partial charge in [0.15, 0.2) is 0 Å². The Morgan fingerprint density at radius 1 is 1.19 bits per heavy atom. The Hall–Kier alpha value is -2.99. The van der Waals surface area contributed by atoms with Crippen molar-refractivity contribution in [2.75, 3.05) is 27.2 Å². The fourth-order valence-electron chi connectivity index (χ4n) is 4.02. The summed E-state index contributed by atoms with van der Waals surface area (Å²) in [7, 11) is 4.04. The highest BCUT2D eigenvalue weighted by Gasteiger charge is 2.30. The second-order valence-corrected chi connectivity index (χ2v) is 8.27. The number of halogens is 1. The van der Waals surface area contributed by atoms with Crippen molar-refractivity contribution < 1.29 is 9.23 Å². The number of oxime groups is 1. The molecule has 5 nitrogen and oxygen atoms in total. The molecular weight excluding hydrogens is 391 g/mol. The second kappa shape index (κ2) is 10.4. The summed E-state index contributed by atoms with van der Waals surface area (Å²) < 4.78 is 14.1. The van der Waals surface area contributed by atoms with Crippen LogP contribution in [0.25, 0.3) is 11.1 Å². The van der Waals surface area contributed by atoms with Crippen LogP contribution in [0.4, 0.5) is 4.39 Å². The summed E-state index contributed by atoms with van der Waals surface area (Å²) in [5.41, 5.74) is 11.3. The molecule has 3 N–H and O–H groups in total. The lowest BCUT2D eigenvalue weighted by molar-refractivity contribution is 0.134. The molecule has 1 unspecified atom stereocenters. The molecule has 1 aliphatic carbocycles. The number of allylic oxidation sites excluding steroid dienone is 2. The zero-order chi connectivity index (χ0) is 22.4. The van der Waals surface area contributed by atoms with E-state index in [4.69, 9.17) is 16.0 Å². The first kappa shape index (κ1) is 22.7. The SMILES string of the molecule is C/C(N)=C1/C(=N)CC(c2ccc(F)cc2-c2ccccc2)C/C1=N\OCCCN(C)C. The molecular formula is C25H31FN4O. The van der Waals surface area contributed by atoms with Crippen molar-refractivity contribution in [3.63, 3.8) is 0 Å². The van der Waals surface area contributed by atoms with Crippen molar-refractivity contribution in [1.29, 1.82) is 5.41 Å². The van der Waals surface area contributed by atoms with Gasteiger partial charge in [-0.2, -0.15) is 0 Å². The standard InChI is InChI=1S/C25H31FN4O/c1-17(27)25-23(28)14-19(15-24(25)29-31-13-7-12-30(2)3)21-11-10-20(26)16-22(21)18-8-5-4-6-9-18/h4-6,8-11,16,19,28H,7,12-15,27H2,1-3H3/b25-17+,28-23?,29-24+. The minimum absolute atomic E-state index is 0.00414. The van der Waals surface area contributed by atoms with Crippen molar-refractivity contribution in [3.8, 4) is 11.1 Å². The highest BCUT2D eigenvalue weighted by atomic mass is 19.1. The molecule has 0 radical (unpaired) electrons. The third-order valence-electron chi connectivity index (χ3n) is 5.43. The highest BCUT2D eigenvalue weighted by Crippen LogP contribution is 2.38. The lowest BCUT2D eigenvalue weighted by Gasteiger charge is -2.28. The van der Waals surface area contributed by atoms with Gasteiger partial charge in [0, 0.05) is 29.9 Å². The highest BCUT2D eigenvalue weighted by molar-refractivity contribution is 6.25. The van der Waals surface area contributed by atoms with E-state index in [0.29, 0.717) is 42.1 Å². The van der Waals surface area contributed by atoms with Gasteiger partial charge in [-0.1, -0.05) is 41.6 Å². The Balaban J connectivity index is 1.90. The first-order chi connectivity index (χ1) is 14.9. The fourth-order valence-corrected chi connectivity index (χ4v) is 4.02. The van der Waals surface area contributed by atoms with Crippen LogP contribution in [0.2, 0.25) is 0 Å². The first-order valence-electron chi connectivity index (χ1n) is 10.6. The molecule has 164 valence electrons. The Bertz CT molecular complexity index is 978. The number of hydrogen-bond acceptors (Lipinski definition) is 5. The Morgan fingerprint density at radius 3 is 2.61 bits per heavy atom. The van der Waals surface area contributed by atoms with E-state index in [-0.39, 0.29) is 11.7 Å². The zero-order valence-corrected chi connectivity index (χ0v) is 18.5. The molecule has 2 aromatic carbocycles. The third kappa shape index (κ3) is 5.79. The molecule has 0 spiro atoms. The topological polar surface area (TPSA) is 74.7 Å². The predicted molar refractivity (Wildman–Crippen MR) is 125 cm³/mol. The largest absolute Gasteiger partial charge is 0.402 e. The number of nitrogens with zero attached hydrogens (tertiary/aromatic N) is 2. The van der Waals surface area contributed by atoms with Crippen LogP contribution in [0, 0.1) is 11.2 Å². The van der Waals surface area contributed by atoms with Crippen molar-refractivity contribution in [2.24, 2.45) is 10.9 Å². The van der Waals surface area contributed by atoms with Crippen LogP contribution in [0.15, 0.2) is 65.0 Å². The fraction of sp³-hybridized carbons (Fsp3) is 0.360. The van der Waals surface area contributed by atoms with Gasteiger partial charge in [-0.3, -0.25) is 0 Å². The molecule has 1 aliphatic rings. The van der Waals surface area contributed by atoms with Crippen LogP contribution in [-0.2, 0) is 4.84 Å². The van der Waals surface area contributed by atoms with Crippen LogP contribution in [0.5, 0.6) is 0 Å². The first-order valence-corrected chi connectivity index (χ1v) is 10.6. The van der Waals surface area contributed by atoms with E-state index in [0.717, 1.165) is 29.7 Å². The average Bonchev–Trinajstić information content (AvgIpc) is 2.73. The summed E-state index contributed by atoms with van der Waals surface area (Å²) in [5.74, 6) is -0.277. The van der Waals surface area contributed by atoms with Gasteiger partial charge in [-0.05, 0) is 68.6 Å². The van der Waals surface area contributed by atoms with Crippen molar-refractivity contribution in [2.45, 2.75) is 32.1 Å². The molecule has 3 rings (SSSR count). The number of nitrogens with two attached hydrogens (primary N) is 1. The van der Waals surface area contributed by atoms with Crippen LogP contribution in [0.1, 0.15) is 37.7 Å². The van der Waals surface area contributed by atoms with Gasteiger partial charge < -0.3 is 20.9 Å². The molecule has 0 amide bonds. The molecule has 1 saturated carbocycles. The van der Waals surface area contributed by atoms with Crippen LogP contribution in [0.3, 0.4) is 0 Å². The van der Waals surface area contributed by atoms with Crippen molar-refractivity contribution >= 4 is 11.4 Å². The van der Waals surface area contributed by atoms with Gasteiger partial charge in [0.25, 0.3) is 0 Å². The predicted octanol–water partition coefficient (Wildman–Crippen LogP) is 4.95. The molecule has 0 bridgehead atoms. The molecule has 2 aromatic rings. The van der Waals surface area contributed by atoms with E-state index in [9.17, 15) is 4.39 Å². The maximum Gasteiger partial charge on any atom is 0.123 e. The summed E-state index contributed by atoms with van der Waals surface area (Å²) in [6.07, 6.45) is 1.97. The van der Waals surface area contributed by atoms with Crippen LogP contribution in [-0.4, -0.2) is 43.6 Å². The minimum Gasteiger partial charge on any atom is -0.402 e. The normalized spacial score (nSPS) is 19.7. The maximum atomic E-state index is 14.1. The van der Waals surface area contributed by atoms with E-state index < -0.39 is 0 Å². The number of rotatable bonds is 7. The van der Waals surface area contributed by atoms with Gasteiger partial charge >= 0.3 is 0 Å². The Kier molecular flexibility index (Phi) is 7.58. The van der Waals surface area contributed by atoms with Crippen LogP contribution < -0.4 is 5.73 Å². The van der Waals surface area contributed by atoms with Gasteiger partial charge in [0.1, 0.15) is 12.4 Å². The Morgan fingerprint density at radius 2 is 1.94 bits per heavy atom. The van der Waals surface area contributed by atoms with E-state index in [1.165, 1.54) is 6.07 Å². The molecule has 0 saturated heterocycles. The van der Waals surface area contributed by atoms with Crippen LogP contribution >= 0.6 is 0 Å². The van der Waals surface area contributed by atoms with Gasteiger partial charge in [-0.15, -0.1) is 0 Å². The Labute approximate surface area is 183 Å². The molecule has 0 aromatic heterocycles. The zero-order valence-electron chi connectivity index (χ0n) is 18.5. The molecule has 0 aliphatic heterocycles. The maximum absolute atomic E-state index is 14.1. The lowest BCUT2D eigenvalue weighted by atomic mass is 9.76.